The van der Waals surface area contributed by atoms with Crippen LogP contribution in [0.15, 0.2) is 0 Å². The molecule has 1 saturated carbocycles. The number of carbonyl (C=O) groups excluding carboxylic acids is 1. The number of carboxylic acid groups (broad SMARTS) is 1. The summed E-state index contributed by atoms with van der Waals surface area (Å²) in [7, 11) is 3.69. The maximum atomic E-state index is 12.4. The van der Waals surface area contributed by atoms with E-state index in [4.69, 9.17) is 5.11 Å². The maximum Gasteiger partial charge on any atom is 0.406 e. The highest BCUT2D eigenvalue weighted by Crippen LogP contribution is 2.35. The van der Waals surface area contributed by atoms with Gasteiger partial charge in [0.2, 0.25) is 0 Å². The average Bonchev–Trinajstić information content (AvgIpc) is 2.23. The fourth-order valence-corrected chi connectivity index (χ4v) is 2.30. The number of halogens is 3. The highest BCUT2D eigenvalue weighted by atomic mass is 19.4. The van der Waals surface area contributed by atoms with Crippen LogP contribution in [-0.4, -0.2) is 72.4 Å². The minimum absolute atomic E-state index is 0.201. The first-order valence-corrected chi connectivity index (χ1v) is 6.54. The number of hydrogen-bond donors (Lipinski definition) is 2. The molecule has 0 saturated heterocycles. The molecule has 2 amide bonds. The number of rotatable bonds is 6. The standard InChI is InChI=1S/C12H20F3N3O3/c1-17(2)11(4-3-5-11)7-16-10(21)18(6-9(19)20)8-12(13,14)15/h3-8H2,1-2H3,(H,16,21)(H,19,20). The monoisotopic (exact) mass is 311 g/mol. The van der Waals surface area contributed by atoms with E-state index in [0.29, 0.717) is 0 Å². The van der Waals surface area contributed by atoms with Crippen molar-refractivity contribution < 1.29 is 27.9 Å². The summed E-state index contributed by atoms with van der Waals surface area (Å²) >= 11 is 0. The molecular formula is C12H20F3N3O3. The van der Waals surface area contributed by atoms with Crippen molar-refractivity contribution in [2.24, 2.45) is 0 Å². The number of nitrogens with zero attached hydrogens (tertiary/aromatic N) is 2. The van der Waals surface area contributed by atoms with Crippen molar-refractivity contribution in [3.05, 3.63) is 0 Å². The van der Waals surface area contributed by atoms with Crippen LogP contribution in [0.4, 0.5) is 18.0 Å². The summed E-state index contributed by atoms with van der Waals surface area (Å²) < 4.78 is 37.1. The lowest BCUT2D eigenvalue weighted by Crippen LogP contribution is -2.59. The molecule has 0 radical (unpaired) electrons. The van der Waals surface area contributed by atoms with Gasteiger partial charge in [-0.15, -0.1) is 0 Å². The van der Waals surface area contributed by atoms with E-state index in [1.807, 2.05) is 19.0 Å². The number of urea groups is 1. The van der Waals surface area contributed by atoms with Crippen LogP contribution in [0, 0.1) is 0 Å². The van der Waals surface area contributed by atoms with Gasteiger partial charge >= 0.3 is 18.2 Å². The van der Waals surface area contributed by atoms with Gasteiger partial charge in [-0.05, 0) is 33.4 Å². The van der Waals surface area contributed by atoms with E-state index in [2.05, 4.69) is 5.32 Å². The second-order valence-electron chi connectivity index (χ2n) is 5.50. The zero-order valence-corrected chi connectivity index (χ0v) is 12.0. The van der Waals surface area contributed by atoms with Crippen molar-refractivity contribution >= 4 is 12.0 Å². The zero-order chi connectivity index (χ0) is 16.3. The third-order valence-electron chi connectivity index (χ3n) is 3.79. The molecular weight excluding hydrogens is 291 g/mol. The van der Waals surface area contributed by atoms with Gasteiger partial charge in [0.25, 0.3) is 0 Å². The molecule has 21 heavy (non-hydrogen) atoms. The van der Waals surface area contributed by atoms with E-state index in [9.17, 15) is 22.8 Å². The second kappa shape index (κ2) is 6.50. The van der Waals surface area contributed by atoms with E-state index in [-0.39, 0.29) is 17.0 Å². The Bertz CT molecular complexity index is 395. The Balaban J connectivity index is 2.61. The van der Waals surface area contributed by atoms with Gasteiger partial charge in [0.05, 0.1) is 0 Å². The van der Waals surface area contributed by atoms with E-state index in [1.54, 1.807) is 0 Å². The Morgan fingerprint density at radius 1 is 1.29 bits per heavy atom. The smallest absolute Gasteiger partial charge is 0.406 e. The molecule has 0 aliphatic heterocycles. The first-order valence-electron chi connectivity index (χ1n) is 6.54. The Hall–Kier alpha value is -1.51. The molecule has 2 N–H and O–H groups in total. The number of nitrogens with one attached hydrogen (secondary N) is 1. The zero-order valence-electron chi connectivity index (χ0n) is 12.0. The van der Waals surface area contributed by atoms with Crippen LogP contribution in [0.5, 0.6) is 0 Å². The molecule has 9 heteroatoms. The minimum atomic E-state index is -4.64. The van der Waals surface area contributed by atoms with Crippen LogP contribution in [0.1, 0.15) is 19.3 Å². The molecule has 0 spiro atoms. The molecule has 0 bridgehead atoms. The van der Waals surface area contributed by atoms with Gasteiger partial charge in [-0.2, -0.15) is 13.2 Å². The summed E-state index contributed by atoms with van der Waals surface area (Å²) in [5.74, 6) is -1.49. The van der Waals surface area contributed by atoms with Crippen LogP contribution in [0.2, 0.25) is 0 Å². The fourth-order valence-electron chi connectivity index (χ4n) is 2.30. The van der Waals surface area contributed by atoms with E-state index in [1.165, 1.54) is 0 Å². The number of hydrogen-bond acceptors (Lipinski definition) is 3. The number of likely N-dealkylation sites (N-methyl/N-ethyl adjacent to an activating group) is 1. The highest BCUT2D eigenvalue weighted by Gasteiger charge is 2.40. The Morgan fingerprint density at radius 3 is 2.19 bits per heavy atom. The van der Waals surface area contributed by atoms with Gasteiger partial charge in [0.1, 0.15) is 13.1 Å². The summed E-state index contributed by atoms with van der Waals surface area (Å²) in [5, 5.41) is 11.0. The number of alkyl halides is 3. The number of amides is 2. The molecule has 1 fully saturated rings. The van der Waals surface area contributed by atoms with Crippen LogP contribution >= 0.6 is 0 Å². The van der Waals surface area contributed by atoms with Crippen molar-refractivity contribution in [2.75, 3.05) is 33.7 Å². The van der Waals surface area contributed by atoms with E-state index in [0.717, 1.165) is 19.3 Å². The van der Waals surface area contributed by atoms with Crippen molar-refractivity contribution in [2.45, 2.75) is 31.0 Å². The average molecular weight is 311 g/mol. The van der Waals surface area contributed by atoms with Crippen molar-refractivity contribution in [1.82, 2.24) is 15.1 Å². The molecule has 0 heterocycles. The van der Waals surface area contributed by atoms with Crippen LogP contribution in [0.3, 0.4) is 0 Å². The Labute approximate surface area is 120 Å². The van der Waals surface area contributed by atoms with Crippen molar-refractivity contribution in [3.63, 3.8) is 0 Å². The van der Waals surface area contributed by atoms with Crippen LogP contribution < -0.4 is 5.32 Å². The topological polar surface area (TPSA) is 72.9 Å². The first kappa shape index (κ1) is 17.5. The predicted molar refractivity (Wildman–Crippen MR) is 68.9 cm³/mol. The summed E-state index contributed by atoms with van der Waals surface area (Å²) in [6, 6.07) is -1.01. The van der Waals surface area contributed by atoms with Gasteiger partial charge < -0.3 is 20.2 Å². The Morgan fingerprint density at radius 2 is 1.86 bits per heavy atom. The molecule has 1 aliphatic rings. The lowest BCUT2D eigenvalue weighted by Gasteiger charge is -2.47. The summed E-state index contributed by atoms with van der Waals surface area (Å²) in [6.07, 6.45) is -1.95. The third-order valence-corrected chi connectivity index (χ3v) is 3.79. The van der Waals surface area contributed by atoms with Gasteiger partial charge in [0.15, 0.2) is 0 Å². The van der Waals surface area contributed by atoms with Crippen LogP contribution in [-0.2, 0) is 4.79 Å². The molecule has 0 aromatic carbocycles. The largest absolute Gasteiger partial charge is 0.480 e. The molecule has 0 aromatic rings. The van der Waals surface area contributed by atoms with Crippen molar-refractivity contribution in [3.8, 4) is 0 Å². The Kier molecular flexibility index (Phi) is 5.43. The quantitative estimate of drug-likeness (QED) is 0.771. The SMILES string of the molecule is CN(C)C1(CNC(=O)N(CC(=O)O)CC(F)(F)F)CCC1. The molecule has 0 aromatic heterocycles. The van der Waals surface area contributed by atoms with Gasteiger partial charge in [-0.25, -0.2) is 4.79 Å². The normalized spacial score (nSPS) is 17.2. The number of carbonyl (C=O) groups is 2. The van der Waals surface area contributed by atoms with Gasteiger partial charge in [-0.1, -0.05) is 0 Å². The van der Waals surface area contributed by atoms with E-state index < -0.39 is 31.3 Å². The first-order chi connectivity index (χ1) is 9.56. The predicted octanol–water partition coefficient (Wildman–Crippen LogP) is 1.13. The lowest BCUT2D eigenvalue weighted by molar-refractivity contribution is -0.149. The summed E-state index contributed by atoms with van der Waals surface area (Å²) in [6.45, 7) is -2.37. The highest BCUT2D eigenvalue weighted by molar-refractivity contribution is 5.80. The molecule has 122 valence electrons. The number of aliphatic carboxylic acids is 1. The lowest BCUT2D eigenvalue weighted by atomic mass is 9.75. The van der Waals surface area contributed by atoms with Crippen molar-refractivity contribution in [1.29, 1.82) is 0 Å². The van der Waals surface area contributed by atoms with Crippen LogP contribution in [0.25, 0.3) is 0 Å². The molecule has 1 rings (SSSR count). The number of carboxylic acids is 1. The summed E-state index contributed by atoms with van der Waals surface area (Å²) in [4.78, 5) is 24.6. The maximum absolute atomic E-state index is 12.4. The molecule has 6 nitrogen and oxygen atoms in total. The fraction of sp³-hybridized carbons (Fsp3) is 0.833. The molecule has 0 unspecified atom stereocenters. The molecule has 1 aliphatic carbocycles. The third kappa shape index (κ3) is 5.07. The van der Waals surface area contributed by atoms with Gasteiger partial charge in [0, 0.05) is 12.1 Å². The minimum Gasteiger partial charge on any atom is -0.480 e. The van der Waals surface area contributed by atoms with Gasteiger partial charge in [-0.3, -0.25) is 4.79 Å². The second-order valence-corrected chi connectivity index (χ2v) is 5.50. The molecule has 0 atom stereocenters. The summed E-state index contributed by atoms with van der Waals surface area (Å²) in [5.41, 5.74) is -0.247. The van der Waals surface area contributed by atoms with E-state index >= 15 is 0 Å².